The van der Waals surface area contributed by atoms with Gasteiger partial charge in [0.05, 0.1) is 12.5 Å². The van der Waals surface area contributed by atoms with Crippen molar-refractivity contribution in [3.05, 3.63) is 48.5 Å². The van der Waals surface area contributed by atoms with E-state index in [2.05, 4.69) is 10.6 Å². The minimum absolute atomic E-state index is 0.0538. The average Bonchev–Trinajstić information content (AvgIpc) is 2.64. The first-order chi connectivity index (χ1) is 12.1. The molecule has 1 saturated heterocycles. The number of anilines is 1. The summed E-state index contributed by atoms with van der Waals surface area (Å²) in [6, 6.07) is 14.9. The lowest BCUT2D eigenvalue weighted by Gasteiger charge is -2.32. The molecule has 2 aromatic rings. The lowest BCUT2D eigenvalue weighted by atomic mass is 9.82. The Morgan fingerprint density at radius 2 is 1.84 bits per heavy atom. The molecule has 2 aromatic carbocycles. The van der Waals surface area contributed by atoms with Crippen molar-refractivity contribution in [2.75, 3.05) is 25.5 Å². The molecule has 0 bridgehead atoms. The highest BCUT2D eigenvalue weighted by Gasteiger charge is 2.34. The van der Waals surface area contributed by atoms with Gasteiger partial charge < -0.3 is 20.1 Å². The Bertz CT molecular complexity index is 722. The Kier molecular flexibility index (Phi) is 5.24. The Hall–Kier alpha value is -2.53. The van der Waals surface area contributed by atoms with Crippen molar-refractivity contribution in [3.63, 3.8) is 0 Å². The second kappa shape index (κ2) is 7.57. The van der Waals surface area contributed by atoms with E-state index in [-0.39, 0.29) is 11.3 Å². The van der Waals surface area contributed by atoms with Crippen LogP contribution in [0.5, 0.6) is 17.2 Å². The van der Waals surface area contributed by atoms with E-state index in [0.717, 1.165) is 25.1 Å². The molecule has 3 rings (SSSR count). The van der Waals surface area contributed by atoms with E-state index in [1.54, 1.807) is 7.11 Å². The lowest BCUT2D eigenvalue weighted by Crippen LogP contribution is -2.46. The number of carbonyl (C=O) groups excluding carboxylic acids is 1. The van der Waals surface area contributed by atoms with E-state index >= 15 is 0 Å². The third kappa shape index (κ3) is 4.12. The van der Waals surface area contributed by atoms with Crippen LogP contribution in [-0.2, 0) is 4.79 Å². The topological polar surface area (TPSA) is 59.6 Å². The van der Waals surface area contributed by atoms with E-state index in [9.17, 15) is 4.79 Å². The van der Waals surface area contributed by atoms with Gasteiger partial charge in [0.2, 0.25) is 5.91 Å². The molecule has 2 N–H and O–H groups in total. The van der Waals surface area contributed by atoms with E-state index in [1.807, 2.05) is 55.5 Å². The van der Waals surface area contributed by atoms with Crippen LogP contribution < -0.4 is 20.1 Å². The number of hydrogen-bond donors (Lipinski definition) is 2. The molecule has 5 nitrogen and oxygen atoms in total. The van der Waals surface area contributed by atoms with Crippen LogP contribution in [0.3, 0.4) is 0 Å². The first-order valence-electron chi connectivity index (χ1n) is 8.54. The molecular weight excluding hydrogens is 316 g/mol. The van der Waals surface area contributed by atoms with E-state index in [0.29, 0.717) is 23.8 Å². The number of ether oxygens (including phenoxy) is 2. The van der Waals surface area contributed by atoms with Gasteiger partial charge in [-0.25, -0.2) is 0 Å². The summed E-state index contributed by atoms with van der Waals surface area (Å²) in [4.78, 5) is 12.5. The van der Waals surface area contributed by atoms with E-state index in [4.69, 9.17) is 9.47 Å². The summed E-state index contributed by atoms with van der Waals surface area (Å²) in [5.74, 6) is 2.08. The summed E-state index contributed by atoms with van der Waals surface area (Å²) in [6.07, 6.45) is 1.93. The van der Waals surface area contributed by atoms with Crippen LogP contribution in [0.4, 0.5) is 5.69 Å². The van der Waals surface area contributed by atoms with Gasteiger partial charge in [-0.05, 0) is 62.7 Å². The number of piperidine rings is 1. The molecule has 1 atom stereocenters. The molecule has 0 spiro atoms. The zero-order valence-corrected chi connectivity index (χ0v) is 14.7. The van der Waals surface area contributed by atoms with Gasteiger partial charge in [-0.15, -0.1) is 0 Å². The largest absolute Gasteiger partial charge is 0.493 e. The third-order valence-corrected chi connectivity index (χ3v) is 4.55. The van der Waals surface area contributed by atoms with E-state index in [1.165, 1.54) is 0 Å². The third-order valence-electron chi connectivity index (χ3n) is 4.55. The van der Waals surface area contributed by atoms with Crippen LogP contribution in [-0.4, -0.2) is 26.1 Å². The van der Waals surface area contributed by atoms with Gasteiger partial charge in [-0.1, -0.05) is 12.1 Å². The van der Waals surface area contributed by atoms with Crippen LogP contribution in [0.2, 0.25) is 0 Å². The number of nitrogens with one attached hydrogen (secondary N) is 2. The summed E-state index contributed by atoms with van der Waals surface area (Å²) in [5, 5.41) is 6.30. The monoisotopic (exact) mass is 340 g/mol. The summed E-state index contributed by atoms with van der Waals surface area (Å²) < 4.78 is 11.1. The minimum atomic E-state index is -0.356. The highest BCUT2D eigenvalue weighted by molar-refractivity contribution is 5.95. The Labute approximate surface area is 148 Å². The molecular formula is C20H24N2O3. The van der Waals surface area contributed by atoms with Gasteiger partial charge in [0.25, 0.3) is 0 Å². The molecule has 25 heavy (non-hydrogen) atoms. The van der Waals surface area contributed by atoms with Gasteiger partial charge in [0.1, 0.15) is 5.75 Å². The summed E-state index contributed by atoms with van der Waals surface area (Å²) in [7, 11) is 1.61. The van der Waals surface area contributed by atoms with Crippen LogP contribution in [0.1, 0.15) is 19.8 Å². The number of carbonyl (C=O) groups is 1. The number of hydrogen-bond acceptors (Lipinski definition) is 4. The smallest absolute Gasteiger partial charge is 0.231 e. The first-order valence-corrected chi connectivity index (χ1v) is 8.54. The zero-order chi connectivity index (χ0) is 17.7. The normalized spacial score (nSPS) is 19.9. The standard InChI is InChI=1S/C20H24N2O3/c1-20(12-5-13-21-14-20)19(23)22-15-8-10-16(11-9-15)25-18-7-4-3-6-17(18)24-2/h3-4,6-11,21H,5,12-14H2,1-2H3,(H,22,23). The fourth-order valence-corrected chi connectivity index (χ4v) is 2.97. The highest BCUT2D eigenvalue weighted by atomic mass is 16.5. The fraction of sp³-hybridized carbons (Fsp3) is 0.350. The molecule has 132 valence electrons. The highest BCUT2D eigenvalue weighted by Crippen LogP contribution is 2.32. The van der Waals surface area contributed by atoms with Crippen molar-refractivity contribution in [2.45, 2.75) is 19.8 Å². The summed E-state index contributed by atoms with van der Waals surface area (Å²) in [5.41, 5.74) is 0.411. The maximum Gasteiger partial charge on any atom is 0.231 e. The van der Waals surface area contributed by atoms with Crippen LogP contribution in [0.25, 0.3) is 0 Å². The van der Waals surface area contributed by atoms with Crippen molar-refractivity contribution in [1.82, 2.24) is 5.32 Å². The molecule has 1 fully saturated rings. The predicted molar refractivity (Wildman–Crippen MR) is 98.4 cm³/mol. The molecule has 1 aliphatic heterocycles. The molecule has 1 aliphatic rings. The number of rotatable bonds is 5. The predicted octanol–water partition coefficient (Wildman–Crippen LogP) is 3.82. The van der Waals surface area contributed by atoms with Crippen LogP contribution in [0, 0.1) is 5.41 Å². The Morgan fingerprint density at radius 1 is 1.12 bits per heavy atom. The summed E-state index contributed by atoms with van der Waals surface area (Å²) in [6.45, 7) is 3.71. The maximum absolute atomic E-state index is 12.5. The number of para-hydroxylation sites is 2. The quantitative estimate of drug-likeness (QED) is 0.869. The second-order valence-corrected chi connectivity index (χ2v) is 6.57. The van der Waals surface area contributed by atoms with Crippen molar-refractivity contribution in [1.29, 1.82) is 0 Å². The maximum atomic E-state index is 12.5. The van der Waals surface area contributed by atoms with Crippen LogP contribution >= 0.6 is 0 Å². The van der Waals surface area contributed by atoms with Gasteiger partial charge in [0.15, 0.2) is 11.5 Å². The number of amides is 1. The van der Waals surface area contributed by atoms with Crippen molar-refractivity contribution in [2.24, 2.45) is 5.41 Å². The molecule has 0 aliphatic carbocycles. The van der Waals surface area contributed by atoms with Crippen LogP contribution in [0.15, 0.2) is 48.5 Å². The molecule has 0 aromatic heterocycles. The Balaban J connectivity index is 1.65. The average molecular weight is 340 g/mol. The second-order valence-electron chi connectivity index (χ2n) is 6.57. The van der Waals surface area contributed by atoms with Crippen molar-refractivity contribution in [3.8, 4) is 17.2 Å². The zero-order valence-electron chi connectivity index (χ0n) is 14.7. The molecule has 1 amide bonds. The van der Waals surface area contributed by atoms with Gasteiger partial charge in [0, 0.05) is 12.2 Å². The van der Waals surface area contributed by atoms with Gasteiger partial charge in [-0.2, -0.15) is 0 Å². The Morgan fingerprint density at radius 3 is 2.48 bits per heavy atom. The number of methoxy groups -OCH3 is 1. The molecule has 0 saturated carbocycles. The minimum Gasteiger partial charge on any atom is -0.493 e. The number of benzene rings is 2. The lowest BCUT2D eigenvalue weighted by molar-refractivity contribution is -0.125. The fourth-order valence-electron chi connectivity index (χ4n) is 2.97. The van der Waals surface area contributed by atoms with Crippen molar-refractivity contribution < 1.29 is 14.3 Å². The van der Waals surface area contributed by atoms with Gasteiger partial charge >= 0.3 is 0 Å². The van der Waals surface area contributed by atoms with Gasteiger partial charge in [-0.3, -0.25) is 4.79 Å². The molecule has 1 unspecified atom stereocenters. The summed E-state index contributed by atoms with van der Waals surface area (Å²) >= 11 is 0. The van der Waals surface area contributed by atoms with Crippen molar-refractivity contribution >= 4 is 11.6 Å². The molecule has 1 heterocycles. The molecule has 5 heteroatoms. The first kappa shape index (κ1) is 17.3. The molecule has 0 radical (unpaired) electrons. The SMILES string of the molecule is COc1ccccc1Oc1ccc(NC(=O)C2(C)CCCNC2)cc1. The van der Waals surface area contributed by atoms with E-state index < -0.39 is 0 Å².